The molecule has 1 amide bonds. The highest BCUT2D eigenvalue weighted by atomic mass is 19.4. The fraction of sp³-hybridized carbons (Fsp3) is 0.474. The lowest BCUT2D eigenvalue weighted by Crippen LogP contribution is -2.41. The molecule has 2 rings (SSSR count). The van der Waals surface area contributed by atoms with Gasteiger partial charge in [-0.3, -0.25) is 0 Å². The zero-order chi connectivity index (χ0) is 20.4. The molecule has 1 aromatic rings. The number of carbonyl (C=O) groups is 2. The summed E-state index contributed by atoms with van der Waals surface area (Å²) in [5.41, 5.74) is -0.158. The zero-order valence-electron chi connectivity index (χ0n) is 15.6. The van der Waals surface area contributed by atoms with Crippen LogP contribution >= 0.6 is 0 Å². The molecule has 1 aromatic carbocycles. The van der Waals surface area contributed by atoms with E-state index in [0.29, 0.717) is 17.6 Å². The largest absolute Gasteiger partial charge is 0.466 e. The summed E-state index contributed by atoms with van der Waals surface area (Å²) in [5, 5.41) is 0. The molecule has 0 spiro atoms. The number of methoxy groups -OCH3 is 1. The van der Waals surface area contributed by atoms with E-state index >= 15 is 0 Å². The van der Waals surface area contributed by atoms with Crippen LogP contribution in [0.25, 0.3) is 5.57 Å². The molecule has 0 N–H and O–H groups in total. The summed E-state index contributed by atoms with van der Waals surface area (Å²) in [5.74, 6) is -0.627. The van der Waals surface area contributed by atoms with Crippen molar-refractivity contribution in [1.29, 1.82) is 0 Å². The Morgan fingerprint density at radius 1 is 1.07 bits per heavy atom. The molecule has 5 nitrogen and oxygen atoms in total. The van der Waals surface area contributed by atoms with Crippen LogP contribution < -0.4 is 0 Å². The van der Waals surface area contributed by atoms with Crippen molar-refractivity contribution in [1.82, 2.24) is 4.90 Å². The monoisotopic (exact) mass is 385 g/mol. The molecule has 0 aromatic heterocycles. The first kappa shape index (κ1) is 20.8. The van der Waals surface area contributed by atoms with Crippen LogP contribution in [0.4, 0.5) is 18.0 Å². The highest BCUT2D eigenvalue weighted by Gasteiger charge is 2.32. The van der Waals surface area contributed by atoms with Gasteiger partial charge in [0.15, 0.2) is 0 Å². The molecule has 1 aliphatic heterocycles. The highest BCUT2D eigenvalue weighted by Crippen LogP contribution is 2.33. The third-order valence-electron chi connectivity index (χ3n) is 3.99. The lowest BCUT2D eigenvalue weighted by Gasteiger charge is -2.32. The molecule has 0 saturated carbocycles. The third-order valence-corrected chi connectivity index (χ3v) is 3.99. The third kappa shape index (κ3) is 5.24. The van der Waals surface area contributed by atoms with Crippen molar-refractivity contribution in [3.05, 3.63) is 41.0 Å². The minimum Gasteiger partial charge on any atom is -0.466 e. The zero-order valence-corrected chi connectivity index (χ0v) is 15.6. The Kier molecular flexibility index (Phi) is 5.87. The highest BCUT2D eigenvalue weighted by molar-refractivity contribution is 5.99. The molecule has 0 fully saturated rings. The van der Waals surface area contributed by atoms with Gasteiger partial charge >= 0.3 is 18.2 Å². The van der Waals surface area contributed by atoms with Crippen LogP contribution in [-0.4, -0.2) is 42.8 Å². The summed E-state index contributed by atoms with van der Waals surface area (Å²) in [7, 11) is 1.21. The summed E-state index contributed by atoms with van der Waals surface area (Å²) < 4.78 is 48.4. The number of ether oxygens (including phenoxy) is 2. The van der Waals surface area contributed by atoms with Gasteiger partial charge in [0, 0.05) is 6.54 Å². The summed E-state index contributed by atoms with van der Waals surface area (Å²) in [6.07, 6.45) is -4.69. The van der Waals surface area contributed by atoms with E-state index in [4.69, 9.17) is 9.47 Å². The van der Waals surface area contributed by atoms with Crippen LogP contribution in [0.2, 0.25) is 0 Å². The summed E-state index contributed by atoms with van der Waals surface area (Å²) in [6, 6.07) is 4.59. The Labute approximate surface area is 155 Å². The Bertz CT molecular complexity index is 746. The Morgan fingerprint density at radius 3 is 2.15 bits per heavy atom. The van der Waals surface area contributed by atoms with E-state index in [0.717, 1.165) is 12.1 Å². The molecule has 0 bridgehead atoms. The van der Waals surface area contributed by atoms with Gasteiger partial charge in [-0.05, 0) is 50.5 Å². The van der Waals surface area contributed by atoms with Gasteiger partial charge < -0.3 is 14.4 Å². The molecule has 8 heteroatoms. The van der Waals surface area contributed by atoms with Gasteiger partial charge in [0.1, 0.15) is 5.60 Å². The average Bonchev–Trinajstić information content (AvgIpc) is 2.58. The maximum atomic E-state index is 12.8. The number of alkyl halides is 3. The van der Waals surface area contributed by atoms with Crippen LogP contribution in [0.3, 0.4) is 0 Å². The molecule has 1 heterocycles. The van der Waals surface area contributed by atoms with Crippen molar-refractivity contribution in [2.45, 2.75) is 39.0 Å². The Hall–Kier alpha value is -2.51. The van der Waals surface area contributed by atoms with Gasteiger partial charge in [-0.15, -0.1) is 0 Å². The number of halogens is 3. The summed E-state index contributed by atoms with van der Waals surface area (Å²) in [4.78, 5) is 25.8. The molecule has 0 aliphatic carbocycles. The predicted molar refractivity (Wildman–Crippen MR) is 92.8 cm³/mol. The molecular formula is C19H22F3NO4. The molecule has 27 heavy (non-hydrogen) atoms. The van der Waals surface area contributed by atoms with Gasteiger partial charge in [0.05, 0.1) is 24.8 Å². The standard InChI is InChI=1S/C19H22F3NO4/c1-18(2,3)27-17(25)23-10-9-14(15(11-23)16(24)26-4)12-5-7-13(8-6-12)19(20,21)22/h5-8H,9-11H2,1-4H3. The van der Waals surface area contributed by atoms with E-state index in [9.17, 15) is 22.8 Å². The summed E-state index contributed by atoms with van der Waals surface area (Å²) in [6.45, 7) is 5.46. The van der Waals surface area contributed by atoms with E-state index in [-0.39, 0.29) is 18.7 Å². The van der Waals surface area contributed by atoms with E-state index in [2.05, 4.69) is 0 Å². The second-order valence-electron chi connectivity index (χ2n) is 7.18. The van der Waals surface area contributed by atoms with Crippen molar-refractivity contribution in [3.63, 3.8) is 0 Å². The lowest BCUT2D eigenvalue weighted by atomic mass is 9.93. The van der Waals surface area contributed by atoms with Gasteiger partial charge in [-0.25, -0.2) is 9.59 Å². The average molecular weight is 385 g/mol. The van der Waals surface area contributed by atoms with Crippen LogP contribution in [0, 0.1) is 0 Å². The minimum atomic E-state index is -4.43. The molecule has 0 saturated heterocycles. The minimum absolute atomic E-state index is 0.0298. The second-order valence-corrected chi connectivity index (χ2v) is 7.18. The van der Waals surface area contributed by atoms with E-state index < -0.39 is 29.4 Å². The Balaban J connectivity index is 2.33. The SMILES string of the molecule is COC(=O)C1=C(c2ccc(C(F)(F)F)cc2)CCN(C(=O)OC(C)(C)C)C1. The van der Waals surface area contributed by atoms with Crippen LogP contribution in [0.5, 0.6) is 0 Å². The first-order valence-electron chi connectivity index (χ1n) is 8.38. The second kappa shape index (κ2) is 7.62. The van der Waals surface area contributed by atoms with E-state index in [1.165, 1.54) is 24.1 Å². The van der Waals surface area contributed by atoms with Crippen LogP contribution in [0.15, 0.2) is 29.8 Å². The number of rotatable bonds is 2. The predicted octanol–water partition coefficient (Wildman–Crippen LogP) is 4.27. The molecule has 0 radical (unpaired) electrons. The van der Waals surface area contributed by atoms with Gasteiger partial charge in [0.25, 0.3) is 0 Å². The quantitative estimate of drug-likeness (QED) is 0.714. The van der Waals surface area contributed by atoms with Crippen molar-refractivity contribution >= 4 is 17.6 Å². The van der Waals surface area contributed by atoms with Gasteiger partial charge in [-0.1, -0.05) is 12.1 Å². The van der Waals surface area contributed by atoms with E-state index in [1.54, 1.807) is 20.8 Å². The number of hydrogen-bond acceptors (Lipinski definition) is 4. The molecule has 0 atom stereocenters. The fourth-order valence-electron chi connectivity index (χ4n) is 2.74. The number of carbonyl (C=O) groups excluding carboxylic acids is 2. The number of esters is 1. The number of benzene rings is 1. The van der Waals surface area contributed by atoms with Crippen molar-refractivity contribution < 1.29 is 32.2 Å². The number of hydrogen-bond donors (Lipinski definition) is 0. The topological polar surface area (TPSA) is 55.8 Å². The number of amides is 1. The summed E-state index contributed by atoms with van der Waals surface area (Å²) >= 11 is 0. The molecule has 148 valence electrons. The molecular weight excluding hydrogens is 363 g/mol. The lowest BCUT2D eigenvalue weighted by molar-refractivity contribution is -0.138. The van der Waals surface area contributed by atoms with Crippen LogP contribution in [-0.2, 0) is 20.4 Å². The van der Waals surface area contributed by atoms with Gasteiger partial charge in [0.2, 0.25) is 0 Å². The van der Waals surface area contributed by atoms with Crippen molar-refractivity contribution in [2.24, 2.45) is 0 Å². The van der Waals surface area contributed by atoms with Gasteiger partial charge in [-0.2, -0.15) is 13.2 Å². The first-order chi connectivity index (χ1) is 12.4. The smallest absolute Gasteiger partial charge is 0.416 e. The van der Waals surface area contributed by atoms with E-state index in [1.807, 2.05) is 0 Å². The maximum Gasteiger partial charge on any atom is 0.416 e. The normalized spacial score (nSPS) is 15.6. The maximum absolute atomic E-state index is 12.8. The molecule has 0 unspecified atom stereocenters. The van der Waals surface area contributed by atoms with Crippen molar-refractivity contribution in [3.8, 4) is 0 Å². The van der Waals surface area contributed by atoms with Crippen LogP contribution in [0.1, 0.15) is 38.3 Å². The Morgan fingerprint density at radius 2 is 1.67 bits per heavy atom. The fourth-order valence-corrected chi connectivity index (χ4v) is 2.74. The number of nitrogens with zero attached hydrogens (tertiary/aromatic N) is 1. The first-order valence-corrected chi connectivity index (χ1v) is 8.38. The van der Waals surface area contributed by atoms with Crippen molar-refractivity contribution in [2.75, 3.05) is 20.2 Å². The molecule has 1 aliphatic rings.